The molecule has 11 heteroatoms. The third-order valence-corrected chi connectivity index (χ3v) is 5.92. The number of anilines is 2. The number of nitrogens with zero attached hydrogens (tertiary/aromatic N) is 4. The summed E-state index contributed by atoms with van der Waals surface area (Å²) in [4.78, 5) is 24.9. The highest BCUT2D eigenvalue weighted by atomic mass is 32.2. The van der Waals surface area contributed by atoms with Crippen molar-refractivity contribution in [3.8, 4) is 0 Å². The number of thiazole rings is 1. The standard InChI is InChI=1S/C18H14N6O3S2/c25-16(7-4-14-12-21-18-24(14)10-11-28-18)22-13-2-5-15(6-3-13)29(26,27)23-17-19-8-1-9-20-17/h1-12H,(H,22,25)(H,19,20,23). The smallest absolute Gasteiger partial charge is 0.264 e. The van der Waals surface area contributed by atoms with Crippen LogP contribution in [0.5, 0.6) is 0 Å². The van der Waals surface area contributed by atoms with Gasteiger partial charge in [-0.25, -0.2) is 28.1 Å². The number of sulfonamides is 1. The summed E-state index contributed by atoms with van der Waals surface area (Å²) in [6.45, 7) is 0. The summed E-state index contributed by atoms with van der Waals surface area (Å²) >= 11 is 1.50. The summed E-state index contributed by atoms with van der Waals surface area (Å²) in [5.41, 5.74) is 1.25. The van der Waals surface area contributed by atoms with Gasteiger partial charge < -0.3 is 5.32 Å². The van der Waals surface area contributed by atoms with Crippen LogP contribution in [0.25, 0.3) is 11.0 Å². The van der Waals surface area contributed by atoms with E-state index in [0.717, 1.165) is 10.7 Å². The first-order valence-electron chi connectivity index (χ1n) is 8.31. The number of fused-ring (bicyclic) bond motifs is 1. The van der Waals surface area contributed by atoms with Crippen LogP contribution in [0.4, 0.5) is 11.6 Å². The van der Waals surface area contributed by atoms with E-state index in [1.54, 1.807) is 18.3 Å². The van der Waals surface area contributed by atoms with Gasteiger partial charge in [-0.1, -0.05) is 0 Å². The summed E-state index contributed by atoms with van der Waals surface area (Å²) in [6.07, 6.45) is 9.47. The Balaban J connectivity index is 1.42. The Morgan fingerprint density at radius 3 is 2.62 bits per heavy atom. The molecule has 3 heterocycles. The van der Waals surface area contributed by atoms with Gasteiger partial charge in [0.15, 0.2) is 4.96 Å². The van der Waals surface area contributed by atoms with Gasteiger partial charge in [-0.3, -0.25) is 9.20 Å². The van der Waals surface area contributed by atoms with Crippen molar-refractivity contribution in [2.24, 2.45) is 0 Å². The number of aromatic nitrogens is 4. The Morgan fingerprint density at radius 1 is 1.10 bits per heavy atom. The van der Waals surface area contributed by atoms with Crippen LogP contribution in [0, 0.1) is 0 Å². The molecule has 0 radical (unpaired) electrons. The monoisotopic (exact) mass is 426 g/mol. The molecule has 0 unspecified atom stereocenters. The van der Waals surface area contributed by atoms with Crippen molar-refractivity contribution in [2.45, 2.75) is 4.90 Å². The number of hydrogen-bond donors (Lipinski definition) is 2. The van der Waals surface area contributed by atoms with Gasteiger partial charge in [-0.15, -0.1) is 11.3 Å². The van der Waals surface area contributed by atoms with Crippen LogP contribution in [0.1, 0.15) is 5.69 Å². The first-order valence-corrected chi connectivity index (χ1v) is 10.7. The molecule has 2 N–H and O–H groups in total. The second-order valence-electron chi connectivity index (χ2n) is 5.76. The lowest BCUT2D eigenvalue weighted by atomic mass is 10.3. The van der Waals surface area contributed by atoms with E-state index in [1.165, 1.54) is 54.1 Å². The van der Waals surface area contributed by atoms with Crippen LogP contribution in [-0.4, -0.2) is 33.7 Å². The number of rotatable bonds is 6. The van der Waals surface area contributed by atoms with Crippen LogP contribution in [0.15, 0.2) is 71.5 Å². The molecule has 0 saturated carbocycles. The maximum Gasteiger partial charge on any atom is 0.264 e. The second-order valence-corrected chi connectivity index (χ2v) is 8.32. The van der Waals surface area contributed by atoms with Crippen LogP contribution in [0.2, 0.25) is 0 Å². The number of carbonyl (C=O) groups excluding carboxylic acids is 1. The molecule has 0 saturated heterocycles. The molecule has 4 rings (SSSR count). The summed E-state index contributed by atoms with van der Waals surface area (Å²) in [6, 6.07) is 7.36. The quantitative estimate of drug-likeness (QED) is 0.458. The van der Waals surface area contributed by atoms with E-state index in [2.05, 4.69) is 25.0 Å². The fourth-order valence-electron chi connectivity index (χ4n) is 2.46. The first-order chi connectivity index (χ1) is 14.0. The SMILES string of the molecule is O=C(C=Cc1cnc2sccn12)Nc1ccc(S(=O)(=O)Nc2ncccn2)cc1. The van der Waals surface area contributed by atoms with Crippen molar-refractivity contribution in [1.29, 1.82) is 0 Å². The summed E-state index contributed by atoms with van der Waals surface area (Å²) < 4.78 is 28.9. The Morgan fingerprint density at radius 2 is 1.86 bits per heavy atom. The minimum absolute atomic E-state index is 0.0189. The van der Waals surface area contributed by atoms with Crippen LogP contribution in [0.3, 0.4) is 0 Å². The van der Waals surface area contributed by atoms with E-state index in [0.29, 0.717) is 5.69 Å². The van der Waals surface area contributed by atoms with Gasteiger partial charge in [-0.05, 0) is 36.4 Å². The molecule has 9 nitrogen and oxygen atoms in total. The van der Waals surface area contributed by atoms with Gasteiger partial charge in [0.05, 0.1) is 16.8 Å². The largest absolute Gasteiger partial charge is 0.323 e. The molecular weight excluding hydrogens is 412 g/mol. The van der Waals surface area contributed by atoms with Crippen molar-refractivity contribution in [2.75, 3.05) is 10.0 Å². The highest BCUT2D eigenvalue weighted by Crippen LogP contribution is 2.17. The van der Waals surface area contributed by atoms with Crippen LogP contribution >= 0.6 is 11.3 Å². The van der Waals surface area contributed by atoms with Crippen molar-refractivity contribution in [3.63, 3.8) is 0 Å². The molecule has 29 heavy (non-hydrogen) atoms. The van der Waals surface area contributed by atoms with Crippen molar-refractivity contribution in [1.82, 2.24) is 19.4 Å². The third kappa shape index (κ3) is 4.31. The second kappa shape index (κ2) is 7.81. The molecule has 0 bridgehead atoms. The summed E-state index contributed by atoms with van der Waals surface area (Å²) in [7, 11) is -3.82. The van der Waals surface area contributed by atoms with Gasteiger partial charge in [-0.2, -0.15) is 0 Å². The minimum atomic E-state index is -3.82. The zero-order valence-corrected chi connectivity index (χ0v) is 16.4. The van der Waals surface area contributed by atoms with E-state index in [1.807, 2.05) is 16.0 Å². The van der Waals surface area contributed by atoms with Gasteiger partial charge >= 0.3 is 0 Å². The molecule has 3 aromatic heterocycles. The molecule has 0 aliphatic carbocycles. The molecule has 146 valence electrons. The molecule has 1 aromatic carbocycles. The highest BCUT2D eigenvalue weighted by Gasteiger charge is 2.15. The topological polar surface area (TPSA) is 118 Å². The van der Waals surface area contributed by atoms with Crippen LogP contribution < -0.4 is 10.0 Å². The molecule has 4 aromatic rings. The van der Waals surface area contributed by atoms with E-state index >= 15 is 0 Å². The number of nitrogens with one attached hydrogen (secondary N) is 2. The van der Waals surface area contributed by atoms with E-state index in [9.17, 15) is 13.2 Å². The lowest BCUT2D eigenvalue weighted by Crippen LogP contribution is -2.15. The molecule has 0 spiro atoms. The Hall–Kier alpha value is -3.57. The van der Waals surface area contributed by atoms with E-state index in [4.69, 9.17) is 0 Å². The number of benzene rings is 1. The first kappa shape index (κ1) is 18.8. The fraction of sp³-hybridized carbons (Fsp3) is 0. The van der Waals surface area contributed by atoms with E-state index < -0.39 is 10.0 Å². The maximum absolute atomic E-state index is 12.4. The number of hydrogen-bond acceptors (Lipinski definition) is 7. The van der Waals surface area contributed by atoms with Crippen molar-refractivity contribution >= 4 is 49.9 Å². The molecule has 0 aliphatic rings. The minimum Gasteiger partial charge on any atom is -0.323 e. The summed E-state index contributed by atoms with van der Waals surface area (Å²) in [5, 5.41) is 4.59. The van der Waals surface area contributed by atoms with Gasteiger partial charge in [0, 0.05) is 35.7 Å². The predicted octanol–water partition coefficient (Wildman–Crippen LogP) is 2.64. The normalized spacial score (nSPS) is 11.7. The third-order valence-electron chi connectivity index (χ3n) is 3.80. The molecule has 0 aliphatic heterocycles. The lowest BCUT2D eigenvalue weighted by Gasteiger charge is -2.07. The van der Waals surface area contributed by atoms with Crippen molar-refractivity contribution < 1.29 is 13.2 Å². The molecule has 0 fully saturated rings. The average molecular weight is 426 g/mol. The molecule has 1 amide bonds. The highest BCUT2D eigenvalue weighted by molar-refractivity contribution is 7.92. The molecular formula is C18H14N6O3S2. The number of amides is 1. The fourth-order valence-corrected chi connectivity index (χ4v) is 4.12. The van der Waals surface area contributed by atoms with Gasteiger partial charge in [0.2, 0.25) is 11.9 Å². The van der Waals surface area contributed by atoms with Gasteiger partial charge in [0.1, 0.15) is 0 Å². The zero-order chi connectivity index (χ0) is 20.3. The van der Waals surface area contributed by atoms with Crippen molar-refractivity contribution in [3.05, 3.63) is 72.3 Å². The Labute approximate surface area is 169 Å². The van der Waals surface area contributed by atoms with E-state index in [-0.39, 0.29) is 16.8 Å². The zero-order valence-electron chi connectivity index (χ0n) is 14.8. The van der Waals surface area contributed by atoms with Gasteiger partial charge in [0.25, 0.3) is 10.0 Å². The summed E-state index contributed by atoms with van der Waals surface area (Å²) in [5.74, 6) is -0.365. The lowest BCUT2D eigenvalue weighted by molar-refractivity contribution is -0.111. The predicted molar refractivity (Wildman–Crippen MR) is 110 cm³/mol. The Bertz CT molecular complexity index is 1280. The number of carbonyl (C=O) groups is 1. The molecule has 0 atom stereocenters. The van der Waals surface area contributed by atoms with Crippen LogP contribution in [-0.2, 0) is 14.8 Å². The number of imidazole rings is 1. The average Bonchev–Trinajstić information content (AvgIpc) is 3.31. The Kier molecular flexibility index (Phi) is 5.06. The maximum atomic E-state index is 12.4.